The van der Waals surface area contributed by atoms with Crippen LogP contribution in [0, 0.1) is 5.41 Å². The average molecular weight is 342 g/mol. The zero-order valence-corrected chi connectivity index (χ0v) is 13.2. The standard InChI is InChI=1S/C17H17F3O4/c1-23-14(21)16(15(22)24-2)8-6-11(7-9-16)12-4-3-5-13(10-12)17(18,19)20/h3-6,8,10-11H,7,9H2,1-2H3. The van der Waals surface area contributed by atoms with Gasteiger partial charge in [-0.3, -0.25) is 9.59 Å². The van der Waals surface area contributed by atoms with E-state index in [0.717, 1.165) is 12.1 Å². The van der Waals surface area contributed by atoms with E-state index in [1.165, 1.54) is 26.4 Å². The third kappa shape index (κ3) is 3.29. The molecule has 0 bridgehead atoms. The summed E-state index contributed by atoms with van der Waals surface area (Å²) in [6, 6.07) is 5.02. The fraction of sp³-hybridized carbons (Fsp3) is 0.412. The fourth-order valence-electron chi connectivity index (χ4n) is 2.85. The first-order valence-electron chi connectivity index (χ1n) is 7.28. The van der Waals surface area contributed by atoms with Gasteiger partial charge in [-0.1, -0.05) is 30.4 Å². The van der Waals surface area contributed by atoms with Crippen molar-refractivity contribution in [1.82, 2.24) is 0 Å². The van der Waals surface area contributed by atoms with Gasteiger partial charge in [0.25, 0.3) is 0 Å². The van der Waals surface area contributed by atoms with Crippen LogP contribution in [0.1, 0.15) is 29.9 Å². The SMILES string of the molecule is COC(=O)C1(C(=O)OC)C=CC(c2cccc(C(F)(F)F)c2)CC1. The maximum atomic E-state index is 12.8. The lowest BCUT2D eigenvalue weighted by Crippen LogP contribution is -2.41. The average Bonchev–Trinajstić information content (AvgIpc) is 2.59. The second-order valence-corrected chi connectivity index (χ2v) is 5.58. The summed E-state index contributed by atoms with van der Waals surface area (Å²) in [5, 5.41) is 0. The molecule has 4 nitrogen and oxygen atoms in total. The maximum Gasteiger partial charge on any atom is 0.416 e. The molecule has 7 heteroatoms. The Morgan fingerprint density at radius 3 is 2.25 bits per heavy atom. The zero-order valence-electron chi connectivity index (χ0n) is 13.2. The van der Waals surface area contributed by atoms with Crippen LogP contribution in [0.3, 0.4) is 0 Å². The molecule has 2 rings (SSSR count). The summed E-state index contributed by atoms with van der Waals surface area (Å²) in [4.78, 5) is 24.0. The summed E-state index contributed by atoms with van der Waals surface area (Å²) < 4.78 is 47.8. The van der Waals surface area contributed by atoms with E-state index in [4.69, 9.17) is 0 Å². The number of rotatable bonds is 3. The molecular weight excluding hydrogens is 325 g/mol. The summed E-state index contributed by atoms with van der Waals surface area (Å²) in [5.74, 6) is -1.81. The Labute approximate surface area is 137 Å². The van der Waals surface area contributed by atoms with Crippen molar-refractivity contribution >= 4 is 11.9 Å². The number of benzene rings is 1. The van der Waals surface area contributed by atoms with Crippen molar-refractivity contribution in [2.24, 2.45) is 5.41 Å². The largest absolute Gasteiger partial charge is 0.468 e. The van der Waals surface area contributed by atoms with Gasteiger partial charge in [0.1, 0.15) is 0 Å². The summed E-state index contributed by atoms with van der Waals surface area (Å²) in [6.45, 7) is 0. The molecule has 0 spiro atoms. The van der Waals surface area contributed by atoms with E-state index in [9.17, 15) is 22.8 Å². The number of ether oxygens (including phenoxy) is 2. The van der Waals surface area contributed by atoms with Crippen molar-refractivity contribution in [2.75, 3.05) is 14.2 Å². The maximum absolute atomic E-state index is 12.8. The molecule has 1 atom stereocenters. The molecule has 0 aromatic heterocycles. The lowest BCUT2D eigenvalue weighted by Gasteiger charge is -2.30. The minimum absolute atomic E-state index is 0.101. The Hall–Kier alpha value is -2.31. The van der Waals surface area contributed by atoms with Gasteiger partial charge in [0.05, 0.1) is 19.8 Å². The van der Waals surface area contributed by atoms with Gasteiger partial charge in [0.2, 0.25) is 0 Å². The molecule has 1 aromatic carbocycles. The first kappa shape index (κ1) is 18.0. The molecule has 130 valence electrons. The predicted octanol–water partition coefficient (Wildman–Crippen LogP) is 3.47. The molecule has 1 aliphatic carbocycles. The van der Waals surface area contributed by atoms with E-state index in [2.05, 4.69) is 9.47 Å². The normalized spacial score (nSPS) is 19.6. The van der Waals surface area contributed by atoms with Gasteiger partial charge in [-0.2, -0.15) is 13.2 Å². The second kappa shape index (κ2) is 6.67. The Kier molecular flexibility index (Phi) is 5.01. The Morgan fingerprint density at radius 1 is 1.17 bits per heavy atom. The van der Waals surface area contributed by atoms with Crippen LogP contribution in [0.5, 0.6) is 0 Å². The first-order chi connectivity index (χ1) is 11.2. The third-order valence-electron chi connectivity index (χ3n) is 4.20. The van der Waals surface area contributed by atoms with Crippen molar-refractivity contribution < 1.29 is 32.2 Å². The van der Waals surface area contributed by atoms with Crippen LogP contribution < -0.4 is 0 Å². The minimum atomic E-state index is -4.42. The van der Waals surface area contributed by atoms with Crippen LogP contribution in [0.4, 0.5) is 13.2 Å². The van der Waals surface area contributed by atoms with Crippen LogP contribution in [0.25, 0.3) is 0 Å². The number of allylic oxidation sites excluding steroid dienone is 1. The molecule has 0 saturated heterocycles. The summed E-state index contributed by atoms with van der Waals surface area (Å²) in [7, 11) is 2.33. The number of carbonyl (C=O) groups excluding carboxylic acids is 2. The second-order valence-electron chi connectivity index (χ2n) is 5.58. The number of alkyl halides is 3. The highest BCUT2D eigenvalue weighted by Crippen LogP contribution is 2.40. The van der Waals surface area contributed by atoms with Crippen molar-refractivity contribution in [3.05, 3.63) is 47.5 Å². The number of carbonyl (C=O) groups is 2. The van der Waals surface area contributed by atoms with E-state index >= 15 is 0 Å². The van der Waals surface area contributed by atoms with Gasteiger partial charge in [-0.05, 0) is 24.5 Å². The van der Waals surface area contributed by atoms with Crippen molar-refractivity contribution in [3.8, 4) is 0 Å². The molecule has 1 aliphatic rings. The highest BCUT2D eigenvalue weighted by atomic mass is 19.4. The molecule has 0 aliphatic heterocycles. The van der Waals surface area contributed by atoms with Gasteiger partial charge >= 0.3 is 18.1 Å². The van der Waals surface area contributed by atoms with Crippen LogP contribution in [-0.4, -0.2) is 26.2 Å². The molecule has 0 fully saturated rings. The molecule has 0 amide bonds. The molecular formula is C17H17F3O4. The summed E-state index contributed by atoms with van der Waals surface area (Å²) >= 11 is 0. The highest BCUT2D eigenvalue weighted by molar-refractivity contribution is 6.02. The predicted molar refractivity (Wildman–Crippen MR) is 79.0 cm³/mol. The molecule has 0 saturated carbocycles. The van der Waals surface area contributed by atoms with Crippen LogP contribution in [0.15, 0.2) is 36.4 Å². The Bertz CT molecular complexity index is 648. The van der Waals surface area contributed by atoms with Crippen LogP contribution in [0.2, 0.25) is 0 Å². The van der Waals surface area contributed by atoms with E-state index in [1.54, 1.807) is 12.1 Å². The Balaban J connectivity index is 2.32. The number of esters is 2. The molecule has 24 heavy (non-hydrogen) atoms. The molecule has 1 unspecified atom stereocenters. The monoisotopic (exact) mass is 342 g/mol. The third-order valence-corrected chi connectivity index (χ3v) is 4.20. The fourth-order valence-corrected chi connectivity index (χ4v) is 2.85. The minimum Gasteiger partial charge on any atom is -0.468 e. The quantitative estimate of drug-likeness (QED) is 0.479. The molecule has 0 heterocycles. The molecule has 0 radical (unpaired) electrons. The summed E-state index contributed by atoms with van der Waals surface area (Å²) in [5.41, 5.74) is -1.79. The van der Waals surface area contributed by atoms with Gasteiger partial charge < -0.3 is 9.47 Å². The number of hydrogen-bond donors (Lipinski definition) is 0. The summed E-state index contributed by atoms with van der Waals surface area (Å²) in [6.07, 6.45) is -1.06. The van der Waals surface area contributed by atoms with Crippen molar-refractivity contribution in [2.45, 2.75) is 24.9 Å². The topological polar surface area (TPSA) is 52.6 Å². The van der Waals surface area contributed by atoms with E-state index in [-0.39, 0.29) is 12.3 Å². The molecule has 1 aromatic rings. The van der Waals surface area contributed by atoms with Crippen molar-refractivity contribution in [1.29, 1.82) is 0 Å². The van der Waals surface area contributed by atoms with Crippen LogP contribution >= 0.6 is 0 Å². The number of hydrogen-bond acceptors (Lipinski definition) is 4. The van der Waals surface area contributed by atoms with Gasteiger partial charge in [0.15, 0.2) is 5.41 Å². The van der Waals surface area contributed by atoms with E-state index in [1.807, 2.05) is 0 Å². The highest BCUT2D eigenvalue weighted by Gasteiger charge is 2.48. The number of halogens is 3. The molecule has 0 N–H and O–H groups in total. The first-order valence-corrected chi connectivity index (χ1v) is 7.28. The smallest absolute Gasteiger partial charge is 0.416 e. The van der Waals surface area contributed by atoms with Gasteiger partial charge in [-0.25, -0.2) is 0 Å². The van der Waals surface area contributed by atoms with Gasteiger partial charge in [0, 0.05) is 5.92 Å². The van der Waals surface area contributed by atoms with Crippen LogP contribution in [-0.2, 0) is 25.2 Å². The zero-order chi connectivity index (χ0) is 18.0. The Morgan fingerprint density at radius 2 is 1.79 bits per heavy atom. The number of methoxy groups -OCH3 is 2. The van der Waals surface area contributed by atoms with Crippen molar-refractivity contribution in [3.63, 3.8) is 0 Å². The van der Waals surface area contributed by atoms with E-state index < -0.39 is 29.1 Å². The van der Waals surface area contributed by atoms with Gasteiger partial charge in [-0.15, -0.1) is 0 Å². The van der Waals surface area contributed by atoms with E-state index in [0.29, 0.717) is 12.0 Å². The lowest BCUT2D eigenvalue weighted by atomic mass is 9.74. The lowest BCUT2D eigenvalue weighted by molar-refractivity contribution is -0.166.